The van der Waals surface area contributed by atoms with Crippen molar-refractivity contribution in [3.8, 4) is 5.75 Å². The molecule has 3 nitrogen and oxygen atoms in total. The summed E-state index contributed by atoms with van der Waals surface area (Å²) in [6.07, 6.45) is 2.55. The minimum atomic E-state index is -0.725. The number of ether oxygens (including phenoxy) is 1. The van der Waals surface area contributed by atoms with Crippen LogP contribution in [-0.2, 0) is 0 Å². The number of hydrogen-bond donors (Lipinski definition) is 1. The number of halogens is 2. The van der Waals surface area contributed by atoms with Crippen molar-refractivity contribution in [3.05, 3.63) is 56.7 Å². The van der Waals surface area contributed by atoms with Gasteiger partial charge in [-0.15, -0.1) is 0 Å². The predicted molar refractivity (Wildman–Crippen MR) is 81.3 cm³/mol. The van der Waals surface area contributed by atoms with Gasteiger partial charge in [0.2, 0.25) is 0 Å². The highest BCUT2D eigenvalue weighted by Crippen LogP contribution is 2.30. The summed E-state index contributed by atoms with van der Waals surface area (Å²) in [5.74, 6) is 0.662. The predicted octanol–water partition coefficient (Wildman–Crippen LogP) is 4.09. The van der Waals surface area contributed by atoms with E-state index in [1.807, 2.05) is 25.1 Å². The molecule has 2 aromatic rings. The first-order chi connectivity index (χ1) is 9.11. The zero-order valence-corrected chi connectivity index (χ0v) is 13.5. The summed E-state index contributed by atoms with van der Waals surface area (Å²) < 4.78 is 7.23. The summed E-state index contributed by atoms with van der Waals surface area (Å²) in [6, 6.07) is 7.44. The van der Waals surface area contributed by atoms with Crippen molar-refractivity contribution in [3.63, 3.8) is 0 Å². The highest BCUT2D eigenvalue weighted by Gasteiger charge is 2.13. The van der Waals surface area contributed by atoms with Crippen molar-refractivity contribution < 1.29 is 9.84 Å². The van der Waals surface area contributed by atoms with Crippen LogP contribution in [0, 0.1) is 0 Å². The van der Waals surface area contributed by atoms with Gasteiger partial charge < -0.3 is 9.84 Å². The maximum atomic E-state index is 10.4. The van der Waals surface area contributed by atoms with Gasteiger partial charge in [-0.05, 0) is 62.5 Å². The molecule has 2 rings (SSSR count). The first kappa shape index (κ1) is 14.5. The van der Waals surface area contributed by atoms with Gasteiger partial charge >= 0.3 is 0 Å². The SMILES string of the molecule is CCOc1cncc(C(O)c2ccc(Br)c(Br)c2)c1. The second-order valence-electron chi connectivity index (χ2n) is 3.96. The van der Waals surface area contributed by atoms with E-state index in [9.17, 15) is 5.11 Å². The van der Waals surface area contributed by atoms with Gasteiger partial charge in [0, 0.05) is 20.7 Å². The molecule has 0 aliphatic rings. The fraction of sp³-hybridized carbons (Fsp3) is 0.214. The monoisotopic (exact) mass is 385 g/mol. The number of aromatic nitrogens is 1. The van der Waals surface area contributed by atoms with Gasteiger partial charge in [-0.1, -0.05) is 6.07 Å². The zero-order chi connectivity index (χ0) is 13.8. The molecule has 1 heterocycles. The van der Waals surface area contributed by atoms with E-state index in [1.54, 1.807) is 18.5 Å². The van der Waals surface area contributed by atoms with Crippen LogP contribution in [0.15, 0.2) is 45.6 Å². The molecule has 1 aromatic heterocycles. The van der Waals surface area contributed by atoms with Gasteiger partial charge in [0.15, 0.2) is 0 Å². The number of aliphatic hydroxyl groups excluding tert-OH is 1. The summed E-state index contributed by atoms with van der Waals surface area (Å²) in [7, 11) is 0. The first-order valence-electron chi connectivity index (χ1n) is 5.82. The summed E-state index contributed by atoms with van der Waals surface area (Å²) in [6.45, 7) is 2.49. The molecular formula is C14H13Br2NO2. The van der Waals surface area contributed by atoms with Crippen molar-refractivity contribution in [2.75, 3.05) is 6.61 Å². The molecule has 1 atom stereocenters. The first-order valence-corrected chi connectivity index (χ1v) is 7.41. The summed E-state index contributed by atoms with van der Waals surface area (Å²) in [5, 5.41) is 10.4. The van der Waals surface area contributed by atoms with Crippen molar-refractivity contribution in [2.24, 2.45) is 0 Å². The molecule has 5 heteroatoms. The van der Waals surface area contributed by atoms with Crippen molar-refractivity contribution in [1.29, 1.82) is 0 Å². The van der Waals surface area contributed by atoms with E-state index in [4.69, 9.17) is 4.74 Å². The van der Waals surface area contributed by atoms with Gasteiger partial charge in [-0.2, -0.15) is 0 Å². The van der Waals surface area contributed by atoms with E-state index < -0.39 is 6.10 Å². The average Bonchev–Trinajstić information content (AvgIpc) is 2.42. The van der Waals surface area contributed by atoms with Crippen LogP contribution >= 0.6 is 31.9 Å². The molecule has 0 aliphatic heterocycles. The Morgan fingerprint density at radius 3 is 2.63 bits per heavy atom. The average molecular weight is 387 g/mol. The van der Waals surface area contributed by atoms with E-state index in [1.165, 1.54) is 0 Å². The molecule has 1 unspecified atom stereocenters. The smallest absolute Gasteiger partial charge is 0.137 e. The Kier molecular flexibility index (Phi) is 4.96. The summed E-state index contributed by atoms with van der Waals surface area (Å²) >= 11 is 6.83. The standard InChI is InChI=1S/C14H13Br2NO2/c1-2-19-11-5-10(7-17-8-11)14(18)9-3-4-12(15)13(16)6-9/h3-8,14,18H,2H2,1H3. The summed E-state index contributed by atoms with van der Waals surface area (Å²) in [4.78, 5) is 4.08. The van der Waals surface area contributed by atoms with Crippen LogP contribution in [0.3, 0.4) is 0 Å². The van der Waals surface area contributed by atoms with E-state index >= 15 is 0 Å². The number of hydrogen-bond acceptors (Lipinski definition) is 3. The van der Waals surface area contributed by atoms with E-state index in [0.717, 1.165) is 14.5 Å². The second-order valence-corrected chi connectivity index (χ2v) is 5.67. The number of benzene rings is 1. The van der Waals surface area contributed by atoms with Gasteiger partial charge in [0.25, 0.3) is 0 Å². The van der Waals surface area contributed by atoms with Gasteiger partial charge in [-0.25, -0.2) is 0 Å². The minimum absolute atomic E-state index is 0.574. The van der Waals surface area contributed by atoms with E-state index in [2.05, 4.69) is 36.8 Å². The molecule has 0 spiro atoms. The fourth-order valence-corrected chi connectivity index (χ4v) is 2.35. The second kappa shape index (κ2) is 6.50. The van der Waals surface area contributed by atoms with Gasteiger partial charge in [-0.3, -0.25) is 4.98 Å². The van der Waals surface area contributed by atoms with Gasteiger partial charge in [0.05, 0.1) is 12.8 Å². The molecule has 0 radical (unpaired) electrons. The Hall–Kier alpha value is -0.910. The third kappa shape index (κ3) is 3.55. The maximum Gasteiger partial charge on any atom is 0.137 e. The van der Waals surface area contributed by atoms with Crippen molar-refractivity contribution in [1.82, 2.24) is 4.98 Å². The molecule has 19 heavy (non-hydrogen) atoms. The largest absolute Gasteiger partial charge is 0.492 e. The van der Waals surface area contributed by atoms with Crippen LogP contribution in [-0.4, -0.2) is 16.7 Å². The third-order valence-corrected chi connectivity index (χ3v) is 4.50. The van der Waals surface area contributed by atoms with E-state index in [0.29, 0.717) is 17.9 Å². The summed E-state index contributed by atoms with van der Waals surface area (Å²) in [5.41, 5.74) is 1.51. The Labute approximate surface area is 128 Å². The van der Waals surface area contributed by atoms with Crippen LogP contribution in [0.2, 0.25) is 0 Å². The van der Waals surface area contributed by atoms with Crippen molar-refractivity contribution >= 4 is 31.9 Å². The van der Waals surface area contributed by atoms with Gasteiger partial charge in [0.1, 0.15) is 11.9 Å². The molecule has 0 bridgehead atoms. The molecule has 0 amide bonds. The number of pyridine rings is 1. The molecule has 0 aliphatic carbocycles. The lowest BCUT2D eigenvalue weighted by Gasteiger charge is -2.13. The van der Waals surface area contributed by atoms with Crippen LogP contribution in [0.1, 0.15) is 24.2 Å². The van der Waals surface area contributed by atoms with Crippen molar-refractivity contribution in [2.45, 2.75) is 13.0 Å². The van der Waals surface area contributed by atoms with Crippen LogP contribution in [0.4, 0.5) is 0 Å². The highest BCUT2D eigenvalue weighted by atomic mass is 79.9. The normalized spacial score (nSPS) is 12.2. The number of aliphatic hydroxyl groups is 1. The molecule has 1 aromatic carbocycles. The Morgan fingerprint density at radius 1 is 1.16 bits per heavy atom. The molecule has 0 fully saturated rings. The molecule has 100 valence electrons. The lowest BCUT2D eigenvalue weighted by molar-refractivity contribution is 0.219. The maximum absolute atomic E-state index is 10.4. The fourth-order valence-electron chi connectivity index (χ4n) is 1.71. The minimum Gasteiger partial charge on any atom is -0.492 e. The molecule has 0 saturated carbocycles. The number of nitrogens with zero attached hydrogens (tertiary/aromatic N) is 1. The lowest BCUT2D eigenvalue weighted by atomic mass is 10.0. The Morgan fingerprint density at radius 2 is 1.95 bits per heavy atom. The Bertz CT molecular complexity index is 575. The topological polar surface area (TPSA) is 42.4 Å². The zero-order valence-electron chi connectivity index (χ0n) is 10.3. The molecular weight excluding hydrogens is 374 g/mol. The third-order valence-electron chi connectivity index (χ3n) is 2.62. The Balaban J connectivity index is 2.29. The quantitative estimate of drug-likeness (QED) is 0.860. The molecule has 1 N–H and O–H groups in total. The molecule has 0 saturated heterocycles. The van der Waals surface area contributed by atoms with Crippen LogP contribution in [0.25, 0.3) is 0 Å². The lowest BCUT2D eigenvalue weighted by Crippen LogP contribution is -2.01. The number of rotatable bonds is 4. The van der Waals surface area contributed by atoms with Crippen LogP contribution < -0.4 is 4.74 Å². The highest BCUT2D eigenvalue weighted by molar-refractivity contribution is 9.13. The van der Waals surface area contributed by atoms with E-state index in [-0.39, 0.29) is 0 Å². The van der Waals surface area contributed by atoms with Crippen LogP contribution in [0.5, 0.6) is 5.75 Å².